The molecule has 1 spiro atoms. The van der Waals surface area contributed by atoms with E-state index in [0.717, 1.165) is 5.56 Å². The number of carbonyl (C=O) groups excluding carboxylic acids is 2. The number of hydrogen-bond donors (Lipinski definition) is 0. The van der Waals surface area contributed by atoms with Gasteiger partial charge in [-0.2, -0.15) is 14.4 Å². The number of hydrazone groups is 1. The third-order valence-electron chi connectivity index (χ3n) is 8.43. The lowest BCUT2D eigenvalue weighted by molar-refractivity contribution is -0.126. The lowest BCUT2D eigenvalue weighted by atomic mass is 9.66. The molecule has 7 nitrogen and oxygen atoms in total. The van der Waals surface area contributed by atoms with Gasteiger partial charge in [0.15, 0.2) is 5.78 Å². The highest BCUT2D eigenvalue weighted by molar-refractivity contribution is 7.89. The predicted octanol–water partition coefficient (Wildman–Crippen LogP) is 6.04. The van der Waals surface area contributed by atoms with Gasteiger partial charge >= 0.3 is 0 Å². The quantitative estimate of drug-likeness (QED) is 0.251. The molecule has 1 fully saturated rings. The van der Waals surface area contributed by atoms with Crippen molar-refractivity contribution in [3.8, 4) is 0 Å². The zero-order chi connectivity index (χ0) is 29.5. The van der Waals surface area contributed by atoms with Crippen LogP contribution in [0.5, 0.6) is 0 Å². The van der Waals surface area contributed by atoms with Gasteiger partial charge < -0.3 is 0 Å². The molecule has 0 aromatic heterocycles. The number of hydrogen-bond acceptors (Lipinski definition) is 5. The zero-order valence-corrected chi connectivity index (χ0v) is 24.2. The normalized spacial score (nSPS) is 22.5. The van der Waals surface area contributed by atoms with E-state index in [-0.39, 0.29) is 29.6 Å². The third kappa shape index (κ3) is 4.47. The lowest BCUT2D eigenvalue weighted by Gasteiger charge is -2.36. The van der Waals surface area contributed by atoms with Gasteiger partial charge in [0.2, 0.25) is 10.0 Å². The number of benzene rings is 4. The largest absolute Gasteiger partial charge is 0.294 e. The molecule has 0 aliphatic carbocycles. The zero-order valence-electron chi connectivity index (χ0n) is 23.4. The van der Waals surface area contributed by atoms with Crippen molar-refractivity contribution in [3.63, 3.8) is 0 Å². The molecule has 2 heterocycles. The van der Waals surface area contributed by atoms with E-state index in [1.165, 1.54) is 9.31 Å². The predicted molar refractivity (Wildman–Crippen MR) is 163 cm³/mol. The fourth-order valence-electron chi connectivity index (χ4n) is 6.39. The summed E-state index contributed by atoms with van der Waals surface area (Å²) in [4.78, 5) is 28.6. The van der Waals surface area contributed by atoms with Crippen LogP contribution in [0, 0.1) is 18.3 Å². The number of rotatable bonds is 7. The van der Waals surface area contributed by atoms with Crippen molar-refractivity contribution in [1.29, 1.82) is 0 Å². The molecule has 0 unspecified atom stereocenters. The summed E-state index contributed by atoms with van der Waals surface area (Å²) in [7, 11) is -4.08. The van der Waals surface area contributed by atoms with Crippen LogP contribution in [0.1, 0.15) is 40.9 Å². The van der Waals surface area contributed by atoms with Crippen LogP contribution in [0.2, 0.25) is 0 Å². The summed E-state index contributed by atoms with van der Waals surface area (Å²) in [6, 6.07) is 33.0. The van der Waals surface area contributed by atoms with Gasteiger partial charge in [-0.25, -0.2) is 8.42 Å². The Bertz CT molecular complexity index is 1760. The molecule has 1 amide bonds. The van der Waals surface area contributed by atoms with E-state index >= 15 is 0 Å². The minimum atomic E-state index is -4.08. The van der Waals surface area contributed by atoms with Crippen molar-refractivity contribution in [2.75, 3.05) is 11.6 Å². The summed E-state index contributed by atoms with van der Waals surface area (Å²) in [6.45, 7) is 3.66. The molecule has 4 aromatic carbocycles. The number of para-hydroxylation sites is 1. The monoisotopic (exact) mass is 577 g/mol. The van der Waals surface area contributed by atoms with Crippen LogP contribution < -0.4 is 5.01 Å². The topological polar surface area (TPSA) is 87.1 Å². The van der Waals surface area contributed by atoms with E-state index in [1.807, 2.05) is 61.5 Å². The Balaban J connectivity index is 1.55. The van der Waals surface area contributed by atoms with Crippen LogP contribution in [0.3, 0.4) is 0 Å². The van der Waals surface area contributed by atoms with Crippen LogP contribution in [0.25, 0.3) is 0 Å². The molecule has 0 radical (unpaired) electrons. The number of carbonyl (C=O) groups is 2. The Morgan fingerprint density at radius 2 is 1.40 bits per heavy atom. The molecule has 3 atom stereocenters. The summed E-state index contributed by atoms with van der Waals surface area (Å²) < 4.78 is 30.2. The van der Waals surface area contributed by atoms with Crippen molar-refractivity contribution in [2.45, 2.75) is 31.2 Å². The third-order valence-corrected chi connectivity index (χ3v) is 10.3. The molecule has 1 saturated heterocycles. The van der Waals surface area contributed by atoms with Gasteiger partial charge in [0.1, 0.15) is 5.41 Å². The van der Waals surface area contributed by atoms with E-state index in [4.69, 9.17) is 5.10 Å². The molecule has 212 valence electrons. The summed E-state index contributed by atoms with van der Waals surface area (Å²) in [5.41, 5.74) is 1.78. The van der Waals surface area contributed by atoms with Crippen LogP contribution >= 0.6 is 0 Å². The number of anilines is 1. The Hall–Kier alpha value is -4.40. The molecule has 6 rings (SSSR count). The van der Waals surface area contributed by atoms with Gasteiger partial charge in [0.05, 0.1) is 22.3 Å². The van der Waals surface area contributed by atoms with Crippen molar-refractivity contribution in [2.24, 2.45) is 16.4 Å². The molecule has 8 heteroatoms. The van der Waals surface area contributed by atoms with Crippen molar-refractivity contribution in [3.05, 3.63) is 132 Å². The molecule has 42 heavy (non-hydrogen) atoms. The Morgan fingerprint density at radius 1 is 0.833 bits per heavy atom. The van der Waals surface area contributed by atoms with Crippen molar-refractivity contribution in [1.82, 2.24) is 4.31 Å². The number of sulfonamides is 1. The van der Waals surface area contributed by atoms with E-state index in [0.29, 0.717) is 22.5 Å². The Labute approximate surface area is 246 Å². The van der Waals surface area contributed by atoms with Gasteiger partial charge in [0, 0.05) is 24.4 Å². The second-order valence-electron chi connectivity index (χ2n) is 10.9. The first-order valence-electron chi connectivity index (χ1n) is 13.9. The number of aryl methyl sites for hydroxylation is 1. The molecule has 2 aliphatic heterocycles. The van der Waals surface area contributed by atoms with Crippen LogP contribution in [-0.4, -0.2) is 36.7 Å². The van der Waals surface area contributed by atoms with E-state index < -0.39 is 27.4 Å². The summed E-state index contributed by atoms with van der Waals surface area (Å²) in [5, 5.41) is 6.12. The molecular formula is C34H31N3O4S. The molecule has 2 aliphatic rings. The minimum Gasteiger partial charge on any atom is -0.294 e. The maximum absolute atomic E-state index is 14.8. The fourth-order valence-corrected chi connectivity index (χ4v) is 8.08. The summed E-state index contributed by atoms with van der Waals surface area (Å²) in [6.07, 6.45) is -0.0194. The van der Waals surface area contributed by atoms with Crippen molar-refractivity contribution < 1.29 is 18.0 Å². The Kier molecular flexibility index (Phi) is 7.12. The second kappa shape index (κ2) is 10.8. The maximum atomic E-state index is 14.8. The highest BCUT2D eigenvalue weighted by Gasteiger charge is 2.67. The number of nitrogens with zero attached hydrogens (tertiary/aromatic N) is 3. The highest BCUT2D eigenvalue weighted by atomic mass is 32.2. The van der Waals surface area contributed by atoms with Crippen LogP contribution in [0.4, 0.5) is 5.69 Å². The average Bonchev–Trinajstić information content (AvgIpc) is 3.50. The van der Waals surface area contributed by atoms with Gasteiger partial charge in [-0.3, -0.25) is 9.59 Å². The number of amides is 1. The number of ketones is 1. The SMILES string of the molecule is CC1=NN(c2ccccc2)C(=O)[C@@]12[C@@H](CC(=O)c1ccccc1)CN(S(=O)(=O)c1ccc(C)cc1)[C@H]2c1ccccc1. The smallest absolute Gasteiger partial charge is 0.261 e. The van der Waals surface area contributed by atoms with Crippen LogP contribution in [0.15, 0.2) is 125 Å². The molecule has 0 bridgehead atoms. The number of Topliss-reactive ketones (excluding diaryl/α,β-unsaturated/α-hetero) is 1. The van der Waals surface area contributed by atoms with Crippen LogP contribution in [-0.2, 0) is 14.8 Å². The van der Waals surface area contributed by atoms with Gasteiger partial charge in [-0.1, -0.05) is 96.6 Å². The highest BCUT2D eigenvalue weighted by Crippen LogP contribution is 2.58. The van der Waals surface area contributed by atoms with E-state index in [9.17, 15) is 18.0 Å². The maximum Gasteiger partial charge on any atom is 0.261 e. The van der Waals surface area contributed by atoms with E-state index in [1.54, 1.807) is 67.6 Å². The lowest BCUT2D eigenvalue weighted by Crippen LogP contribution is -2.48. The minimum absolute atomic E-state index is 0.0183. The average molecular weight is 578 g/mol. The Morgan fingerprint density at radius 3 is 2.02 bits per heavy atom. The molecule has 4 aromatic rings. The summed E-state index contributed by atoms with van der Waals surface area (Å²) >= 11 is 0. The first kappa shape index (κ1) is 27.8. The molecule has 0 N–H and O–H groups in total. The van der Waals surface area contributed by atoms with Crippen molar-refractivity contribution >= 4 is 33.1 Å². The van der Waals surface area contributed by atoms with Gasteiger partial charge in [-0.05, 0) is 43.7 Å². The fraction of sp³-hybridized carbons (Fsp3) is 0.206. The van der Waals surface area contributed by atoms with E-state index in [2.05, 4.69) is 0 Å². The second-order valence-corrected chi connectivity index (χ2v) is 12.8. The molecular weight excluding hydrogens is 546 g/mol. The first-order valence-corrected chi connectivity index (χ1v) is 15.4. The van der Waals surface area contributed by atoms with Gasteiger partial charge in [0.25, 0.3) is 5.91 Å². The standard InChI is InChI=1S/C34H31N3O4S/c1-24-18-20-30(21-19-24)42(40,41)36-23-28(22-31(38)26-12-6-3-7-13-26)34(32(36)27-14-8-4-9-15-27)25(2)35-37(33(34)39)29-16-10-5-11-17-29/h3-21,28,32H,22-23H2,1-2H3/t28-,32-,34+/m0/s1. The molecule has 0 saturated carbocycles. The first-order chi connectivity index (χ1) is 20.2. The van der Waals surface area contributed by atoms with Gasteiger partial charge in [-0.15, -0.1) is 0 Å². The summed E-state index contributed by atoms with van der Waals surface area (Å²) in [5.74, 6) is -1.16.